The average Bonchev–Trinajstić information content (AvgIpc) is 3.40. The van der Waals surface area contributed by atoms with Crippen molar-refractivity contribution >= 4 is 29.9 Å². The lowest BCUT2D eigenvalue weighted by Crippen LogP contribution is -2.46. The number of fused-ring (bicyclic) bond motifs is 2. The second-order valence-electron chi connectivity index (χ2n) is 7.99. The van der Waals surface area contributed by atoms with Gasteiger partial charge in [0.05, 0.1) is 19.5 Å². The molecule has 27 heavy (non-hydrogen) atoms. The molecule has 2 heterocycles. The summed E-state index contributed by atoms with van der Waals surface area (Å²) in [6.07, 6.45) is 8.80. The minimum Gasteiger partial charge on any atom is -0.469 e. The molecular weight excluding hydrogens is 457 g/mol. The van der Waals surface area contributed by atoms with Crippen LogP contribution in [-0.2, 0) is 15.9 Å². The molecule has 0 radical (unpaired) electrons. The molecule has 0 amide bonds. The Morgan fingerprint density at radius 2 is 2.11 bits per heavy atom. The van der Waals surface area contributed by atoms with E-state index < -0.39 is 5.79 Å². The van der Waals surface area contributed by atoms with Gasteiger partial charge in [-0.3, -0.25) is 4.99 Å². The largest absolute Gasteiger partial charge is 0.469 e. The normalized spacial score (nSPS) is 28.9. The maximum Gasteiger partial charge on any atom is 0.191 e. The predicted octanol–water partition coefficient (Wildman–Crippen LogP) is 3.32. The summed E-state index contributed by atoms with van der Waals surface area (Å²) < 4.78 is 16.8. The molecule has 0 aromatic carbocycles. The first-order valence-corrected chi connectivity index (χ1v) is 10.1. The van der Waals surface area contributed by atoms with Crippen LogP contribution in [0.3, 0.4) is 0 Å². The second kappa shape index (κ2) is 9.60. The van der Waals surface area contributed by atoms with E-state index in [-0.39, 0.29) is 24.0 Å². The van der Waals surface area contributed by atoms with E-state index in [2.05, 4.69) is 10.6 Å². The van der Waals surface area contributed by atoms with E-state index in [4.69, 9.17) is 18.9 Å². The van der Waals surface area contributed by atoms with Crippen molar-refractivity contribution in [2.75, 3.05) is 26.3 Å². The highest BCUT2D eigenvalue weighted by Crippen LogP contribution is 2.44. The van der Waals surface area contributed by atoms with Crippen LogP contribution in [0.1, 0.15) is 44.8 Å². The number of guanidine groups is 1. The van der Waals surface area contributed by atoms with Gasteiger partial charge in [-0.15, -0.1) is 24.0 Å². The Balaban J connectivity index is 0.00000210. The number of hydrogen-bond acceptors (Lipinski definition) is 4. The predicted molar refractivity (Wildman–Crippen MR) is 115 cm³/mol. The summed E-state index contributed by atoms with van der Waals surface area (Å²) in [5.41, 5.74) is 0. The highest BCUT2D eigenvalue weighted by atomic mass is 127. The lowest BCUT2D eigenvalue weighted by molar-refractivity contribution is -0.144. The van der Waals surface area contributed by atoms with Crippen molar-refractivity contribution in [1.29, 1.82) is 0 Å². The molecule has 6 nitrogen and oxygen atoms in total. The molecule has 4 rings (SSSR count). The van der Waals surface area contributed by atoms with Gasteiger partial charge in [-0.1, -0.05) is 6.42 Å². The first-order valence-electron chi connectivity index (χ1n) is 10.1. The molecule has 3 fully saturated rings. The Bertz CT molecular complexity index is 602. The standard InChI is InChI=1S/C20H31N3O3.HI/c1-20(25-11-12-26-20)7-9-22-19(21-8-6-17-3-2-10-24-17)23-18-14-15-4-5-16(18)13-15;/h2-3,10,15-16,18H,4-9,11-14H2,1H3,(H2,21,22,23);1H. The molecule has 7 heteroatoms. The van der Waals surface area contributed by atoms with Gasteiger partial charge in [-0.2, -0.15) is 0 Å². The third-order valence-electron chi connectivity index (χ3n) is 6.04. The van der Waals surface area contributed by atoms with Gasteiger partial charge in [0.15, 0.2) is 11.7 Å². The lowest BCUT2D eigenvalue weighted by Gasteiger charge is -2.26. The summed E-state index contributed by atoms with van der Waals surface area (Å²) >= 11 is 0. The number of ether oxygens (including phenoxy) is 2. The van der Waals surface area contributed by atoms with E-state index in [1.54, 1.807) is 6.26 Å². The molecular formula is C20H32IN3O3. The van der Waals surface area contributed by atoms with Crippen LogP contribution >= 0.6 is 24.0 Å². The zero-order valence-electron chi connectivity index (χ0n) is 16.1. The Morgan fingerprint density at radius 1 is 1.26 bits per heavy atom. The van der Waals surface area contributed by atoms with Crippen molar-refractivity contribution < 1.29 is 13.9 Å². The summed E-state index contributed by atoms with van der Waals surface area (Å²) in [6, 6.07) is 4.51. The quantitative estimate of drug-likeness (QED) is 0.350. The fraction of sp³-hybridized carbons (Fsp3) is 0.750. The zero-order chi connectivity index (χ0) is 17.8. The third-order valence-corrected chi connectivity index (χ3v) is 6.04. The molecule has 3 aliphatic rings. The van der Waals surface area contributed by atoms with Crippen LogP contribution in [0, 0.1) is 11.8 Å². The van der Waals surface area contributed by atoms with Crippen LogP contribution in [0.4, 0.5) is 0 Å². The van der Waals surface area contributed by atoms with Gasteiger partial charge in [0, 0.05) is 32.0 Å². The van der Waals surface area contributed by atoms with Crippen LogP contribution in [-0.4, -0.2) is 44.1 Å². The molecule has 1 aromatic rings. The number of nitrogens with one attached hydrogen (secondary N) is 2. The topological polar surface area (TPSA) is 68.0 Å². The van der Waals surface area contributed by atoms with Crippen molar-refractivity contribution in [2.24, 2.45) is 16.8 Å². The van der Waals surface area contributed by atoms with Crippen LogP contribution < -0.4 is 10.6 Å². The van der Waals surface area contributed by atoms with Gasteiger partial charge in [-0.25, -0.2) is 0 Å². The summed E-state index contributed by atoms with van der Waals surface area (Å²) in [4.78, 5) is 4.80. The molecule has 2 aliphatic carbocycles. The van der Waals surface area contributed by atoms with E-state index in [0.29, 0.717) is 25.8 Å². The van der Waals surface area contributed by atoms with Crippen molar-refractivity contribution in [1.82, 2.24) is 10.6 Å². The number of aliphatic imine (C=N–C) groups is 1. The number of halogens is 1. The van der Waals surface area contributed by atoms with Crippen LogP contribution in [0.15, 0.2) is 27.8 Å². The summed E-state index contributed by atoms with van der Waals surface area (Å²) in [5.74, 6) is 3.17. The van der Waals surface area contributed by atoms with Gasteiger partial charge in [0.25, 0.3) is 0 Å². The lowest BCUT2D eigenvalue weighted by atomic mass is 9.95. The van der Waals surface area contributed by atoms with Crippen molar-refractivity contribution in [3.8, 4) is 0 Å². The molecule has 3 unspecified atom stereocenters. The highest BCUT2D eigenvalue weighted by Gasteiger charge is 2.39. The van der Waals surface area contributed by atoms with E-state index in [9.17, 15) is 0 Å². The van der Waals surface area contributed by atoms with Crippen LogP contribution in [0.2, 0.25) is 0 Å². The Hall–Kier alpha value is -0.800. The van der Waals surface area contributed by atoms with Gasteiger partial charge < -0.3 is 24.5 Å². The monoisotopic (exact) mass is 489 g/mol. The minimum absolute atomic E-state index is 0. The maximum atomic E-state index is 5.68. The van der Waals surface area contributed by atoms with Gasteiger partial charge in [-0.05, 0) is 50.2 Å². The minimum atomic E-state index is -0.477. The first-order chi connectivity index (χ1) is 12.7. The van der Waals surface area contributed by atoms with Gasteiger partial charge >= 0.3 is 0 Å². The zero-order valence-corrected chi connectivity index (χ0v) is 18.4. The van der Waals surface area contributed by atoms with Crippen molar-refractivity contribution in [3.63, 3.8) is 0 Å². The van der Waals surface area contributed by atoms with Crippen LogP contribution in [0.5, 0.6) is 0 Å². The molecule has 152 valence electrons. The SMILES string of the molecule is CC1(CCN=C(NCCc2ccco2)NC2CC3CCC2C3)OCCO1.I. The Kier molecular flexibility index (Phi) is 7.44. The third kappa shape index (κ3) is 5.60. The van der Waals surface area contributed by atoms with Crippen molar-refractivity contribution in [2.45, 2.75) is 57.3 Å². The summed E-state index contributed by atoms with van der Waals surface area (Å²) in [6.45, 7) is 4.86. The number of hydrogen-bond donors (Lipinski definition) is 2. The molecule has 1 aromatic heterocycles. The fourth-order valence-electron chi connectivity index (χ4n) is 4.58. The second-order valence-corrected chi connectivity index (χ2v) is 7.99. The van der Waals surface area contributed by atoms with E-state index in [1.807, 2.05) is 19.1 Å². The fourth-order valence-corrected chi connectivity index (χ4v) is 4.58. The van der Waals surface area contributed by atoms with Crippen LogP contribution in [0.25, 0.3) is 0 Å². The number of rotatable bonds is 7. The molecule has 0 spiro atoms. The number of nitrogens with zero attached hydrogens (tertiary/aromatic N) is 1. The Morgan fingerprint density at radius 3 is 2.78 bits per heavy atom. The van der Waals surface area contributed by atoms with Gasteiger partial charge in [0.1, 0.15) is 5.76 Å². The van der Waals surface area contributed by atoms with Crippen molar-refractivity contribution in [3.05, 3.63) is 24.2 Å². The molecule has 2 bridgehead atoms. The highest BCUT2D eigenvalue weighted by molar-refractivity contribution is 14.0. The molecule has 1 aliphatic heterocycles. The molecule has 2 N–H and O–H groups in total. The van der Waals surface area contributed by atoms with E-state index in [1.165, 1.54) is 25.7 Å². The first kappa shape index (κ1) is 20.9. The summed E-state index contributed by atoms with van der Waals surface area (Å²) in [7, 11) is 0. The molecule has 3 atom stereocenters. The molecule has 1 saturated heterocycles. The summed E-state index contributed by atoms with van der Waals surface area (Å²) in [5, 5.41) is 7.17. The van der Waals surface area contributed by atoms with Gasteiger partial charge in [0.2, 0.25) is 0 Å². The smallest absolute Gasteiger partial charge is 0.191 e. The number of furan rings is 1. The van der Waals surface area contributed by atoms with E-state index in [0.717, 1.165) is 42.9 Å². The average molecular weight is 489 g/mol. The van der Waals surface area contributed by atoms with E-state index >= 15 is 0 Å². The molecule has 2 saturated carbocycles. The Labute approximate surface area is 178 Å². The maximum absolute atomic E-state index is 5.68.